The van der Waals surface area contributed by atoms with E-state index in [0.29, 0.717) is 24.8 Å². The fraction of sp³-hybridized carbons (Fsp3) is 0.867. The molecule has 0 heterocycles. The van der Waals surface area contributed by atoms with Crippen LogP contribution in [-0.2, 0) is 9.59 Å². The molecular formula is C15H30N2O2. The van der Waals surface area contributed by atoms with Gasteiger partial charge < -0.3 is 10.6 Å². The third kappa shape index (κ3) is 13.3. The molecule has 0 bridgehead atoms. The van der Waals surface area contributed by atoms with E-state index in [9.17, 15) is 9.59 Å². The van der Waals surface area contributed by atoms with Crippen molar-refractivity contribution in [2.75, 3.05) is 13.1 Å². The minimum atomic E-state index is 0.0715. The monoisotopic (exact) mass is 270 g/mol. The average molecular weight is 270 g/mol. The Morgan fingerprint density at radius 2 is 1.63 bits per heavy atom. The molecule has 0 aliphatic rings. The highest BCUT2D eigenvalue weighted by Gasteiger charge is 2.01. The molecule has 0 aliphatic heterocycles. The van der Waals surface area contributed by atoms with Gasteiger partial charge >= 0.3 is 0 Å². The van der Waals surface area contributed by atoms with Crippen molar-refractivity contribution < 1.29 is 9.59 Å². The van der Waals surface area contributed by atoms with Gasteiger partial charge in [0.25, 0.3) is 0 Å². The van der Waals surface area contributed by atoms with Crippen molar-refractivity contribution in [3.05, 3.63) is 0 Å². The summed E-state index contributed by atoms with van der Waals surface area (Å²) in [5.41, 5.74) is 0. The van der Waals surface area contributed by atoms with E-state index in [2.05, 4.69) is 10.6 Å². The lowest BCUT2D eigenvalue weighted by molar-refractivity contribution is -0.120. The number of amides is 1. The molecule has 4 heteroatoms. The van der Waals surface area contributed by atoms with E-state index >= 15 is 0 Å². The predicted octanol–water partition coefficient (Wildman–Crippen LogP) is 2.42. The highest BCUT2D eigenvalue weighted by molar-refractivity contribution is 5.78. The summed E-state index contributed by atoms with van der Waals surface area (Å²) in [7, 11) is 0. The molecule has 0 saturated carbocycles. The highest BCUT2D eigenvalue weighted by atomic mass is 16.1. The standard InChI is InChI=1S/C15H30N2O2/c1-4-14(18)10-8-6-5-7-9-11-16-15(19)12-17-13(2)3/h13,17H,4-12H2,1-3H3,(H,16,19). The van der Waals surface area contributed by atoms with Crippen molar-refractivity contribution in [2.24, 2.45) is 0 Å². The Morgan fingerprint density at radius 1 is 1.00 bits per heavy atom. The summed E-state index contributed by atoms with van der Waals surface area (Å²) in [5, 5.41) is 5.99. The fourth-order valence-corrected chi connectivity index (χ4v) is 1.74. The van der Waals surface area contributed by atoms with E-state index in [4.69, 9.17) is 0 Å². The van der Waals surface area contributed by atoms with Crippen molar-refractivity contribution in [2.45, 2.75) is 71.8 Å². The number of carbonyl (C=O) groups excluding carboxylic acids is 2. The van der Waals surface area contributed by atoms with Crippen LogP contribution in [0.3, 0.4) is 0 Å². The first-order valence-electron chi connectivity index (χ1n) is 7.58. The molecule has 0 atom stereocenters. The number of hydrogen-bond donors (Lipinski definition) is 2. The van der Waals surface area contributed by atoms with Crippen molar-refractivity contribution in [1.29, 1.82) is 0 Å². The smallest absolute Gasteiger partial charge is 0.233 e. The summed E-state index contributed by atoms with van der Waals surface area (Å²) in [5.74, 6) is 0.437. The molecule has 0 saturated heterocycles. The predicted molar refractivity (Wildman–Crippen MR) is 79.1 cm³/mol. The molecule has 0 radical (unpaired) electrons. The van der Waals surface area contributed by atoms with Crippen LogP contribution in [0.1, 0.15) is 65.7 Å². The molecule has 0 unspecified atom stereocenters. The summed E-state index contributed by atoms with van der Waals surface area (Å²) in [6.45, 7) is 7.12. The van der Waals surface area contributed by atoms with Crippen LogP contribution in [0.15, 0.2) is 0 Å². The van der Waals surface area contributed by atoms with Crippen molar-refractivity contribution in [3.63, 3.8) is 0 Å². The van der Waals surface area contributed by atoms with Gasteiger partial charge in [0.15, 0.2) is 0 Å². The number of unbranched alkanes of at least 4 members (excludes halogenated alkanes) is 4. The van der Waals surface area contributed by atoms with Gasteiger partial charge in [-0.1, -0.05) is 40.0 Å². The molecular weight excluding hydrogens is 240 g/mol. The SMILES string of the molecule is CCC(=O)CCCCCCCNC(=O)CNC(C)C. The molecule has 19 heavy (non-hydrogen) atoms. The Kier molecular flexibility index (Phi) is 11.6. The fourth-order valence-electron chi connectivity index (χ4n) is 1.74. The minimum absolute atomic E-state index is 0.0715. The molecule has 0 rings (SSSR count). The van der Waals surface area contributed by atoms with Gasteiger partial charge in [-0.05, 0) is 12.8 Å². The maximum atomic E-state index is 11.4. The molecule has 2 N–H and O–H groups in total. The van der Waals surface area contributed by atoms with Crippen LogP contribution in [0, 0.1) is 0 Å². The zero-order valence-electron chi connectivity index (χ0n) is 12.8. The lowest BCUT2D eigenvalue weighted by atomic mass is 10.1. The van der Waals surface area contributed by atoms with Gasteiger partial charge in [-0.3, -0.25) is 9.59 Å². The van der Waals surface area contributed by atoms with E-state index in [0.717, 1.165) is 45.1 Å². The molecule has 0 aromatic carbocycles. The first-order valence-corrected chi connectivity index (χ1v) is 7.58. The number of carbonyl (C=O) groups is 2. The van der Waals surface area contributed by atoms with E-state index < -0.39 is 0 Å². The van der Waals surface area contributed by atoms with Crippen LogP contribution in [0.4, 0.5) is 0 Å². The second-order valence-electron chi connectivity index (χ2n) is 5.30. The Labute approximate surface area is 117 Å². The van der Waals surface area contributed by atoms with E-state index in [1.54, 1.807) is 0 Å². The molecule has 112 valence electrons. The molecule has 0 aliphatic carbocycles. The summed E-state index contributed by atoms with van der Waals surface area (Å²) in [4.78, 5) is 22.5. The second-order valence-corrected chi connectivity index (χ2v) is 5.30. The normalized spacial score (nSPS) is 10.7. The number of Topliss-reactive ketones (excluding diaryl/α,β-unsaturated/α-hetero) is 1. The topological polar surface area (TPSA) is 58.2 Å². The van der Waals surface area contributed by atoms with E-state index in [-0.39, 0.29) is 5.91 Å². The molecule has 0 aromatic rings. The number of nitrogens with one attached hydrogen (secondary N) is 2. The minimum Gasteiger partial charge on any atom is -0.355 e. The van der Waals surface area contributed by atoms with Crippen LogP contribution in [-0.4, -0.2) is 30.8 Å². The number of hydrogen-bond acceptors (Lipinski definition) is 3. The van der Waals surface area contributed by atoms with Crippen LogP contribution in [0.5, 0.6) is 0 Å². The maximum absolute atomic E-state index is 11.4. The zero-order chi connectivity index (χ0) is 14.5. The van der Waals surface area contributed by atoms with E-state index in [1.165, 1.54) is 0 Å². The zero-order valence-corrected chi connectivity index (χ0v) is 12.8. The Morgan fingerprint density at radius 3 is 2.26 bits per heavy atom. The van der Waals surface area contributed by atoms with Gasteiger partial charge in [-0.25, -0.2) is 0 Å². The lowest BCUT2D eigenvalue weighted by Crippen LogP contribution is -2.37. The third-order valence-corrected chi connectivity index (χ3v) is 3.02. The second kappa shape index (κ2) is 12.2. The highest BCUT2D eigenvalue weighted by Crippen LogP contribution is 2.06. The van der Waals surface area contributed by atoms with Gasteiger partial charge in [0.2, 0.25) is 5.91 Å². The van der Waals surface area contributed by atoms with Crippen LogP contribution in [0.25, 0.3) is 0 Å². The summed E-state index contributed by atoms with van der Waals surface area (Å²) < 4.78 is 0. The Bertz CT molecular complexity index is 253. The quantitative estimate of drug-likeness (QED) is 0.535. The van der Waals surface area contributed by atoms with Crippen LogP contribution in [0.2, 0.25) is 0 Å². The Balaban J connectivity index is 3.22. The van der Waals surface area contributed by atoms with Crippen molar-refractivity contribution >= 4 is 11.7 Å². The van der Waals surface area contributed by atoms with Gasteiger partial charge in [-0.2, -0.15) is 0 Å². The van der Waals surface area contributed by atoms with Crippen LogP contribution < -0.4 is 10.6 Å². The van der Waals surface area contributed by atoms with Gasteiger partial charge in [0.1, 0.15) is 5.78 Å². The number of rotatable bonds is 12. The average Bonchev–Trinajstić information content (AvgIpc) is 2.38. The lowest BCUT2D eigenvalue weighted by Gasteiger charge is -2.08. The Hall–Kier alpha value is -0.900. The molecule has 0 spiro atoms. The van der Waals surface area contributed by atoms with Crippen LogP contribution >= 0.6 is 0 Å². The first kappa shape index (κ1) is 18.1. The summed E-state index contributed by atoms with van der Waals surface area (Å²) in [6.07, 6.45) is 6.82. The third-order valence-electron chi connectivity index (χ3n) is 3.02. The molecule has 0 fully saturated rings. The largest absolute Gasteiger partial charge is 0.355 e. The van der Waals surface area contributed by atoms with Gasteiger partial charge in [0, 0.05) is 25.4 Å². The summed E-state index contributed by atoms with van der Waals surface area (Å²) in [6, 6.07) is 0.344. The molecule has 4 nitrogen and oxygen atoms in total. The van der Waals surface area contributed by atoms with E-state index in [1.807, 2.05) is 20.8 Å². The first-order chi connectivity index (χ1) is 9.06. The number of ketones is 1. The van der Waals surface area contributed by atoms with Crippen molar-refractivity contribution in [1.82, 2.24) is 10.6 Å². The van der Waals surface area contributed by atoms with Gasteiger partial charge in [-0.15, -0.1) is 0 Å². The molecule has 1 amide bonds. The van der Waals surface area contributed by atoms with Crippen molar-refractivity contribution in [3.8, 4) is 0 Å². The molecule has 0 aromatic heterocycles. The van der Waals surface area contributed by atoms with Gasteiger partial charge in [0.05, 0.1) is 6.54 Å². The summed E-state index contributed by atoms with van der Waals surface area (Å²) >= 11 is 0. The maximum Gasteiger partial charge on any atom is 0.233 e.